The largest absolute Gasteiger partial charge is 0.367 e. The highest BCUT2D eigenvalue weighted by molar-refractivity contribution is 6.07. The molecule has 1 aliphatic heterocycles. The molecule has 1 atom stereocenters. The van der Waals surface area contributed by atoms with Gasteiger partial charge in [0.05, 0.1) is 5.56 Å². The second kappa shape index (κ2) is 7.94. The molecule has 1 aromatic rings. The Balaban J connectivity index is 1.61. The Morgan fingerprint density at radius 2 is 1.96 bits per heavy atom. The minimum atomic E-state index is -1.16. The lowest BCUT2D eigenvalue weighted by atomic mass is 9.87. The molecule has 2 heterocycles. The van der Waals surface area contributed by atoms with Crippen molar-refractivity contribution in [2.45, 2.75) is 52.0 Å². The van der Waals surface area contributed by atoms with E-state index in [-0.39, 0.29) is 5.91 Å². The molecule has 1 unspecified atom stereocenters. The average Bonchev–Trinajstić information content (AvgIpc) is 3.01. The zero-order valence-corrected chi connectivity index (χ0v) is 15.8. The minimum absolute atomic E-state index is 0.290. The third-order valence-electron chi connectivity index (χ3n) is 5.61. The lowest BCUT2D eigenvalue weighted by Gasteiger charge is -2.28. The van der Waals surface area contributed by atoms with Crippen LogP contribution in [0, 0.1) is 11.3 Å². The zero-order chi connectivity index (χ0) is 19.4. The summed E-state index contributed by atoms with van der Waals surface area (Å²) in [5.41, 5.74) is 3.98. The van der Waals surface area contributed by atoms with Crippen LogP contribution in [0.4, 0.5) is 5.82 Å². The molecule has 2 aliphatic rings. The van der Waals surface area contributed by atoms with Gasteiger partial charge in [0.2, 0.25) is 5.91 Å². The first-order valence-electron chi connectivity index (χ1n) is 9.51. The van der Waals surface area contributed by atoms with Gasteiger partial charge < -0.3 is 10.6 Å². The van der Waals surface area contributed by atoms with Gasteiger partial charge in [-0.05, 0) is 57.1 Å². The van der Waals surface area contributed by atoms with Gasteiger partial charge in [0.1, 0.15) is 11.2 Å². The molecule has 1 saturated carbocycles. The van der Waals surface area contributed by atoms with Crippen LogP contribution in [-0.4, -0.2) is 35.3 Å². The van der Waals surface area contributed by atoms with Crippen LogP contribution in [0.3, 0.4) is 0 Å². The quantitative estimate of drug-likeness (QED) is 0.470. The van der Waals surface area contributed by atoms with Crippen LogP contribution < -0.4 is 21.5 Å². The number of amides is 3. The molecule has 8 heteroatoms. The number of hydrogen-bond acceptors (Lipinski definition) is 5. The number of rotatable bonds is 4. The van der Waals surface area contributed by atoms with E-state index in [1.807, 2.05) is 0 Å². The van der Waals surface area contributed by atoms with E-state index in [0.29, 0.717) is 30.4 Å². The van der Waals surface area contributed by atoms with Crippen molar-refractivity contribution < 1.29 is 14.4 Å². The van der Waals surface area contributed by atoms with E-state index in [1.54, 1.807) is 25.3 Å². The van der Waals surface area contributed by atoms with Crippen molar-refractivity contribution in [3.63, 3.8) is 0 Å². The molecular weight excluding hydrogens is 346 g/mol. The Labute approximate surface area is 158 Å². The second-order valence-corrected chi connectivity index (χ2v) is 7.75. The number of pyridine rings is 1. The summed E-state index contributed by atoms with van der Waals surface area (Å²) < 4.78 is 0. The van der Waals surface area contributed by atoms with Gasteiger partial charge in [-0.1, -0.05) is 6.92 Å². The van der Waals surface area contributed by atoms with E-state index in [1.165, 1.54) is 0 Å². The molecule has 4 N–H and O–H groups in total. The van der Waals surface area contributed by atoms with Gasteiger partial charge >= 0.3 is 0 Å². The van der Waals surface area contributed by atoms with E-state index in [0.717, 1.165) is 31.6 Å². The molecule has 27 heavy (non-hydrogen) atoms. The third-order valence-corrected chi connectivity index (χ3v) is 5.61. The van der Waals surface area contributed by atoms with Gasteiger partial charge in [0.15, 0.2) is 0 Å². The van der Waals surface area contributed by atoms with E-state index in [2.05, 4.69) is 33.4 Å². The summed E-state index contributed by atoms with van der Waals surface area (Å²) in [6.45, 7) is 4.27. The lowest BCUT2D eigenvalue weighted by Crippen LogP contribution is -2.51. The van der Waals surface area contributed by atoms with Gasteiger partial charge in [0, 0.05) is 18.8 Å². The number of carbonyl (C=O) groups excluding carboxylic acids is 3. The van der Waals surface area contributed by atoms with Crippen molar-refractivity contribution in [3.05, 3.63) is 23.9 Å². The molecule has 8 nitrogen and oxygen atoms in total. The van der Waals surface area contributed by atoms with Crippen molar-refractivity contribution in [2.75, 3.05) is 11.9 Å². The van der Waals surface area contributed by atoms with Crippen LogP contribution in [0.25, 0.3) is 0 Å². The first-order valence-corrected chi connectivity index (χ1v) is 9.51. The van der Waals surface area contributed by atoms with Crippen LogP contribution in [0.1, 0.15) is 56.3 Å². The summed E-state index contributed by atoms with van der Waals surface area (Å²) in [7, 11) is 0. The van der Waals surface area contributed by atoms with Crippen LogP contribution >= 0.6 is 0 Å². The number of nitrogens with zero attached hydrogens (tertiary/aromatic N) is 1. The maximum Gasteiger partial charge on any atom is 0.273 e. The highest BCUT2D eigenvalue weighted by atomic mass is 16.2. The fourth-order valence-corrected chi connectivity index (χ4v) is 3.57. The van der Waals surface area contributed by atoms with Gasteiger partial charge in [-0.3, -0.25) is 25.2 Å². The fourth-order valence-electron chi connectivity index (χ4n) is 3.57. The molecule has 0 bridgehead atoms. The fraction of sp³-hybridized carbons (Fsp3) is 0.579. The predicted octanol–water partition coefficient (Wildman–Crippen LogP) is 1.36. The first-order chi connectivity index (χ1) is 12.9. The lowest BCUT2D eigenvalue weighted by molar-refractivity contribution is -0.140. The summed E-state index contributed by atoms with van der Waals surface area (Å²) in [5.74, 6) is -0.0762. The predicted molar refractivity (Wildman–Crippen MR) is 101 cm³/mol. The van der Waals surface area contributed by atoms with Crippen molar-refractivity contribution in [1.82, 2.24) is 21.2 Å². The van der Waals surface area contributed by atoms with Crippen molar-refractivity contribution in [3.8, 4) is 0 Å². The Morgan fingerprint density at radius 1 is 1.22 bits per heavy atom. The number of hydrogen-bond donors (Lipinski definition) is 4. The van der Waals surface area contributed by atoms with Crippen molar-refractivity contribution >= 4 is 23.5 Å². The van der Waals surface area contributed by atoms with Gasteiger partial charge in [-0.15, -0.1) is 0 Å². The maximum atomic E-state index is 12.6. The van der Waals surface area contributed by atoms with Crippen molar-refractivity contribution in [1.29, 1.82) is 0 Å². The van der Waals surface area contributed by atoms with Crippen LogP contribution in [0.2, 0.25) is 0 Å². The molecular formula is C19H27N5O3. The van der Waals surface area contributed by atoms with Gasteiger partial charge in [-0.25, -0.2) is 4.98 Å². The normalized spacial score (nSPS) is 27.6. The highest BCUT2D eigenvalue weighted by Gasteiger charge is 2.44. The molecule has 2 fully saturated rings. The van der Waals surface area contributed by atoms with E-state index < -0.39 is 17.2 Å². The maximum absolute atomic E-state index is 12.6. The Hall–Kier alpha value is -2.64. The topological polar surface area (TPSA) is 112 Å². The van der Waals surface area contributed by atoms with Crippen LogP contribution in [0.15, 0.2) is 18.3 Å². The van der Waals surface area contributed by atoms with Gasteiger partial charge in [-0.2, -0.15) is 0 Å². The van der Waals surface area contributed by atoms with E-state index in [4.69, 9.17) is 0 Å². The minimum Gasteiger partial charge on any atom is -0.367 e. The summed E-state index contributed by atoms with van der Waals surface area (Å²) in [5, 5.41) is 5.99. The average molecular weight is 373 g/mol. The van der Waals surface area contributed by atoms with E-state index >= 15 is 0 Å². The Kier molecular flexibility index (Phi) is 5.62. The summed E-state index contributed by atoms with van der Waals surface area (Å²) in [6.07, 6.45) is 6.43. The smallest absolute Gasteiger partial charge is 0.273 e. The molecule has 1 saturated heterocycles. The summed E-state index contributed by atoms with van der Waals surface area (Å²) >= 11 is 0. The molecule has 0 spiro atoms. The number of nitrogens with one attached hydrogen (secondary N) is 4. The standard InChI is InChI=1S/C19H27N5O3/c1-12-5-7-13(8-6-12)22-15-14(4-3-10-20-15)16(25)23-24-18(27)19(2)9-11-21-17(19)26/h3-4,10,12-13H,5-9,11H2,1-2H3,(H,20,22)(H,21,26)(H,23,25)(H,24,27). The molecule has 1 aromatic heterocycles. The third kappa shape index (κ3) is 4.20. The summed E-state index contributed by atoms with van der Waals surface area (Å²) in [4.78, 5) is 41.0. The van der Waals surface area contributed by atoms with E-state index in [9.17, 15) is 14.4 Å². The molecule has 146 valence electrons. The molecule has 0 aromatic carbocycles. The second-order valence-electron chi connectivity index (χ2n) is 7.75. The Bertz CT molecular complexity index is 730. The molecule has 3 rings (SSSR count). The summed E-state index contributed by atoms with van der Waals surface area (Å²) in [6, 6.07) is 3.63. The van der Waals surface area contributed by atoms with Crippen LogP contribution in [0.5, 0.6) is 0 Å². The number of carbonyl (C=O) groups is 3. The number of aromatic nitrogens is 1. The zero-order valence-electron chi connectivity index (χ0n) is 15.8. The van der Waals surface area contributed by atoms with Gasteiger partial charge in [0.25, 0.3) is 11.8 Å². The number of anilines is 1. The Morgan fingerprint density at radius 3 is 2.63 bits per heavy atom. The highest BCUT2D eigenvalue weighted by Crippen LogP contribution is 2.27. The molecule has 0 radical (unpaired) electrons. The first kappa shape index (κ1) is 19.1. The van der Waals surface area contributed by atoms with Crippen molar-refractivity contribution in [2.24, 2.45) is 11.3 Å². The molecule has 1 aliphatic carbocycles. The molecule has 3 amide bonds. The monoisotopic (exact) mass is 373 g/mol. The number of hydrazine groups is 1. The SMILES string of the molecule is CC1CCC(Nc2ncccc2C(=O)NNC(=O)C2(C)CCNC2=O)CC1. The van der Waals surface area contributed by atoms with Crippen LogP contribution in [-0.2, 0) is 9.59 Å².